The summed E-state index contributed by atoms with van der Waals surface area (Å²) in [4.78, 5) is 16.3. The largest absolute Gasteiger partial charge is 0.286 e. The molecule has 3 aromatic rings. The number of benzene rings is 1. The number of hydrogen-bond donors (Lipinski definition) is 0. The van der Waals surface area contributed by atoms with Crippen molar-refractivity contribution in [1.29, 1.82) is 0 Å². The highest BCUT2D eigenvalue weighted by atomic mass is 32.1. The number of thiophene rings is 1. The van der Waals surface area contributed by atoms with E-state index in [1.165, 1.54) is 15.9 Å². The number of rotatable bonds is 1. The first-order chi connectivity index (χ1) is 9.34. The lowest BCUT2D eigenvalue weighted by molar-refractivity contribution is 0.784. The Hall–Kier alpha value is -2.38. The molecule has 0 bridgehead atoms. The van der Waals surface area contributed by atoms with E-state index in [1.54, 1.807) is 6.33 Å². The quantitative estimate of drug-likeness (QED) is 0.634. The first kappa shape index (κ1) is 11.7. The molecule has 2 heterocycles. The van der Waals surface area contributed by atoms with Crippen LogP contribution in [0.15, 0.2) is 52.9 Å². The summed E-state index contributed by atoms with van der Waals surface area (Å²) in [6.07, 6.45) is 1.55. The number of aromatic nitrogens is 2. The third-order valence-corrected chi connectivity index (χ3v) is 3.58. The van der Waals surface area contributed by atoms with Gasteiger partial charge in [0.2, 0.25) is 0 Å². The molecule has 19 heavy (non-hydrogen) atoms. The minimum Gasteiger partial charge on any atom is -0.286 e. The van der Waals surface area contributed by atoms with Gasteiger partial charge in [-0.25, -0.2) is 4.98 Å². The van der Waals surface area contributed by atoms with Crippen LogP contribution in [0.5, 0.6) is 0 Å². The summed E-state index contributed by atoms with van der Waals surface area (Å²) in [6, 6.07) is 11.6. The summed E-state index contributed by atoms with van der Waals surface area (Å²) in [5.74, 6) is 6.02. The third-order valence-electron chi connectivity index (χ3n) is 2.69. The Balaban J connectivity index is 1.89. The summed E-state index contributed by atoms with van der Waals surface area (Å²) in [6.45, 7) is 0.356. The average Bonchev–Trinajstić information content (AvgIpc) is 2.92. The molecule has 0 saturated heterocycles. The van der Waals surface area contributed by atoms with Crippen LogP contribution in [0.1, 0.15) is 5.56 Å². The van der Waals surface area contributed by atoms with E-state index in [4.69, 9.17) is 0 Å². The molecule has 3 rings (SSSR count). The highest BCUT2D eigenvalue weighted by molar-refractivity contribution is 7.17. The number of fused-ring (bicyclic) bond motifs is 1. The number of nitrogens with zero attached hydrogens (tertiary/aromatic N) is 2. The normalized spacial score (nSPS) is 10.1. The van der Waals surface area contributed by atoms with Crippen LogP contribution in [0.2, 0.25) is 0 Å². The fourth-order valence-electron chi connectivity index (χ4n) is 1.74. The van der Waals surface area contributed by atoms with Crippen molar-refractivity contribution in [2.45, 2.75) is 6.54 Å². The Morgan fingerprint density at radius 1 is 1.21 bits per heavy atom. The van der Waals surface area contributed by atoms with E-state index in [1.807, 2.05) is 41.8 Å². The molecule has 0 aliphatic carbocycles. The summed E-state index contributed by atoms with van der Waals surface area (Å²) in [5, 5.41) is 1.87. The van der Waals surface area contributed by atoms with Gasteiger partial charge in [-0.3, -0.25) is 9.36 Å². The van der Waals surface area contributed by atoms with Gasteiger partial charge in [0.1, 0.15) is 4.70 Å². The molecular weight excluding hydrogens is 256 g/mol. The Morgan fingerprint density at radius 3 is 2.89 bits per heavy atom. The maximum atomic E-state index is 12.1. The van der Waals surface area contributed by atoms with Gasteiger partial charge in [0.15, 0.2) is 0 Å². The van der Waals surface area contributed by atoms with Gasteiger partial charge in [-0.1, -0.05) is 30.0 Å². The van der Waals surface area contributed by atoms with Crippen LogP contribution in [0.3, 0.4) is 0 Å². The van der Waals surface area contributed by atoms with Crippen molar-refractivity contribution in [2.75, 3.05) is 0 Å². The van der Waals surface area contributed by atoms with Crippen LogP contribution < -0.4 is 5.56 Å². The fourth-order valence-corrected chi connectivity index (χ4v) is 2.53. The minimum atomic E-state index is -0.0256. The standard InChI is InChI=1S/C15H10N2OS/c18-15-14-13(8-10-19-14)16-11-17(15)9-4-7-12-5-2-1-3-6-12/h1-3,5-6,8,10-11H,9H2. The second-order valence-corrected chi connectivity index (χ2v) is 4.90. The third kappa shape index (κ3) is 2.42. The van der Waals surface area contributed by atoms with E-state index in [-0.39, 0.29) is 5.56 Å². The Labute approximate surface area is 114 Å². The highest BCUT2D eigenvalue weighted by Gasteiger charge is 2.03. The van der Waals surface area contributed by atoms with Crippen molar-refractivity contribution in [1.82, 2.24) is 9.55 Å². The molecule has 2 aromatic heterocycles. The molecule has 0 radical (unpaired) electrons. The molecule has 0 atom stereocenters. The van der Waals surface area contributed by atoms with Crippen molar-refractivity contribution < 1.29 is 0 Å². The van der Waals surface area contributed by atoms with Crippen LogP contribution in [-0.2, 0) is 6.54 Å². The molecular formula is C15H10N2OS. The summed E-state index contributed by atoms with van der Waals surface area (Å²) in [5.41, 5.74) is 1.67. The van der Waals surface area contributed by atoms with Crippen LogP contribution in [0.4, 0.5) is 0 Å². The maximum Gasteiger partial charge on any atom is 0.272 e. The zero-order valence-electron chi connectivity index (χ0n) is 10.0. The smallest absolute Gasteiger partial charge is 0.272 e. The lowest BCUT2D eigenvalue weighted by Gasteiger charge is -1.98. The van der Waals surface area contributed by atoms with E-state index in [0.29, 0.717) is 11.2 Å². The second kappa shape index (κ2) is 5.09. The Kier molecular flexibility index (Phi) is 3.13. The predicted octanol–water partition coefficient (Wildman–Crippen LogP) is 2.51. The molecule has 0 aliphatic rings. The molecule has 0 saturated carbocycles. The van der Waals surface area contributed by atoms with Gasteiger partial charge in [-0.05, 0) is 23.6 Å². The predicted molar refractivity (Wildman–Crippen MR) is 77.2 cm³/mol. The molecule has 92 valence electrons. The van der Waals surface area contributed by atoms with E-state index < -0.39 is 0 Å². The molecule has 0 fully saturated rings. The lowest BCUT2D eigenvalue weighted by Crippen LogP contribution is -2.18. The minimum absolute atomic E-state index is 0.0256. The highest BCUT2D eigenvalue weighted by Crippen LogP contribution is 2.12. The van der Waals surface area contributed by atoms with Crippen LogP contribution in [0.25, 0.3) is 10.2 Å². The van der Waals surface area contributed by atoms with Crippen molar-refractivity contribution in [3.05, 3.63) is 64.0 Å². The molecule has 0 aliphatic heterocycles. The number of hydrogen-bond acceptors (Lipinski definition) is 3. The zero-order chi connectivity index (χ0) is 13.1. The SMILES string of the molecule is O=c1c2sccc2ncn1CC#Cc1ccccc1. The zero-order valence-corrected chi connectivity index (χ0v) is 10.9. The van der Waals surface area contributed by atoms with Crippen LogP contribution in [-0.4, -0.2) is 9.55 Å². The van der Waals surface area contributed by atoms with E-state index in [9.17, 15) is 4.79 Å². The van der Waals surface area contributed by atoms with Gasteiger partial charge in [0.25, 0.3) is 5.56 Å². The Morgan fingerprint density at radius 2 is 2.05 bits per heavy atom. The summed E-state index contributed by atoms with van der Waals surface area (Å²) < 4.78 is 2.22. The summed E-state index contributed by atoms with van der Waals surface area (Å²) in [7, 11) is 0. The molecule has 3 nitrogen and oxygen atoms in total. The molecule has 0 spiro atoms. The van der Waals surface area contributed by atoms with E-state index >= 15 is 0 Å². The van der Waals surface area contributed by atoms with Crippen molar-refractivity contribution in [3.8, 4) is 11.8 Å². The summed E-state index contributed by atoms with van der Waals surface area (Å²) >= 11 is 1.41. The van der Waals surface area contributed by atoms with Gasteiger partial charge < -0.3 is 0 Å². The van der Waals surface area contributed by atoms with Crippen molar-refractivity contribution in [2.24, 2.45) is 0 Å². The van der Waals surface area contributed by atoms with Gasteiger partial charge in [0, 0.05) is 5.56 Å². The molecule has 1 aromatic carbocycles. The van der Waals surface area contributed by atoms with E-state index in [0.717, 1.165) is 11.1 Å². The average molecular weight is 266 g/mol. The van der Waals surface area contributed by atoms with Gasteiger partial charge in [-0.15, -0.1) is 11.3 Å². The van der Waals surface area contributed by atoms with Crippen molar-refractivity contribution in [3.63, 3.8) is 0 Å². The first-order valence-electron chi connectivity index (χ1n) is 5.81. The van der Waals surface area contributed by atoms with Crippen LogP contribution in [0, 0.1) is 11.8 Å². The maximum absolute atomic E-state index is 12.1. The second-order valence-electron chi connectivity index (χ2n) is 3.98. The molecule has 0 N–H and O–H groups in total. The van der Waals surface area contributed by atoms with Crippen LogP contribution >= 0.6 is 11.3 Å². The van der Waals surface area contributed by atoms with Crippen molar-refractivity contribution >= 4 is 21.6 Å². The molecule has 0 unspecified atom stereocenters. The van der Waals surface area contributed by atoms with E-state index in [2.05, 4.69) is 16.8 Å². The molecule has 0 amide bonds. The topological polar surface area (TPSA) is 34.9 Å². The lowest BCUT2D eigenvalue weighted by atomic mass is 10.2. The van der Waals surface area contributed by atoms with Gasteiger partial charge in [0.05, 0.1) is 18.4 Å². The fraction of sp³-hybridized carbons (Fsp3) is 0.0667. The van der Waals surface area contributed by atoms with Gasteiger partial charge >= 0.3 is 0 Å². The first-order valence-corrected chi connectivity index (χ1v) is 6.69. The van der Waals surface area contributed by atoms with Gasteiger partial charge in [-0.2, -0.15) is 0 Å². The monoisotopic (exact) mass is 266 g/mol. The molecule has 4 heteroatoms. The Bertz CT molecular complexity index is 822.